The largest absolute Gasteiger partial charge is 0.498 e. The fourth-order valence-corrected chi connectivity index (χ4v) is 2.64. The van der Waals surface area contributed by atoms with Gasteiger partial charge in [0.1, 0.15) is 23.1 Å². The van der Waals surface area contributed by atoms with Gasteiger partial charge in [-0.1, -0.05) is 42.5 Å². The van der Waals surface area contributed by atoms with Crippen LogP contribution in [0.15, 0.2) is 54.3 Å². The molecule has 2 rings (SSSR count). The lowest BCUT2D eigenvalue weighted by atomic mass is 9.70. The number of methoxy groups -OCH3 is 2. The first-order chi connectivity index (χ1) is 9.16. The molecular formula is C16H18O3. The third-order valence-electron chi connectivity index (χ3n) is 3.60. The Balaban J connectivity index is 2.61. The summed E-state index contributed by atoms with van der Waals surface area (Å²) in [5.41, 5.74) is 0.0871. The van der Waals surface area contributed by atoms with Crippen molar-refractivity contribution in [3.8, 4) is 0 Å². The van der Waals surface area contributed by atoms with Crippen LogP contribution in [0, 0.1) is 0 Å². The molecular weight excluding hydrogens is 240 g/mol. The molecule has 1 aromatic rings. The van der Waals surface area contributed by atoms with Gasteiger partial charge in [0.05, 0.1) is 7.11 Å². The normalized spacial score (nSPS) is 25.8. The van der Waals surface area contributed by atoms with Gasteiger partial charge in [0, 0.05) is 7.11 Å². The molecule has 0 fully saturated rings. The van der Waals surface area contributed by atoms with Gasteiger partial charge in [0.15, 0.2) is 0 Å². The monoisotopic (exact) mass is 258 g/mol. The number of Topliss-reactive ketones (excluding diaryl/α,β-unsaturated/α-hetero) is 1. The van der Waals surface area contributed by atoms with Crippen molar-refractivity contribution in [1.29, 1.82) is 0 Å². The van der Waals surface area contributed by atoms with Crippen LogP contribution >= 0.6 is 0 Å². The van der Waals surface area contributed by atoms with Crippen molar-refractivity contribution in [2.45, 2.75) is 18.4 Å². The van der Waals surface area contributed by atoms with E-state index in [1.54, 1.807) is 21.1 Å². The zero-order valence-electron chi connectivity index (χ0n) is 11.4. The number of benzene rings is 1. The van der Waals surface area contributed by atoms with Crippen LogP contribution in [-0.2, 0) is 19.7 Å². The zero-order valence-corrected chi connectivity index (χ0v) is 11.4. The second-order valence-electron chi connectivity index (χ2n) is 4.54. The molecule has 2 unspecified atom stereocenters. The van der Waals surface area contributed by atoms with Gasteiger partial charge in [-0.05, 0) is 18.6 Å². The summed E-state index contributed by atoms with van der Waals surface area (Å²) in [7, 11) is 3.18. The topological polar surface area (TPSA) is 35.5 Å². The number of ether oxygens (including phenoxy) is 2. The van der Waals surface area contributed by atoms with Gasteiger partial charge in [0.2, 0.25) is 0 Å². The fourth-order valence-electron chi connectivity index (χ4n) is 2.64. The first kappa shape index (κ1) is 13.6. The van der Waals surface area contributed by atoms with E-state index in [1.807, 2.05) is 48.6 Å². The fraction of sp³-hybridized carbons (Fsp3) is 0.312. The maximum atomic E-state index is 12.3. The van der Waals surface area contributed by atoms with Crippen molar-refractivity contribution < 1.29 is 14.3 Å². The molecule has 3 nitrogen and oxygen atoms in total. The first-order valence-electron chi connectivity index (χ1n) is 6.19. The van der Waals surface area contributed by atoms with Crippen LogP contribution in [0.1, 0.15) is 12.5 Å². The number of allylic oxidation sites excluding steroid dienone is 2. The van der Waals surface area contributed by atoms with Crippen molar-refractivity contribution >= 4 is 5.78 Å². The van der Waals surface area contributed by atoms with Gasteiger partial charge in [-0.25, -0.2) is 0 Å². The molecule has 0 bridgehead atoms. The second-order valence-corrected chi connectivity index (χ2v) is 4.54. The molecule has 0 aromatic heterocycles. The quantitative estimate of drug-likeness (QED) is 0.832. The number of carbonyl (C=O) groups is 1. The summed E-state index contributed by atoms with van der Waals surface area (Å²) in [6.45, 7) is 1.59. The van der Waals surface area contributed by atoms with E-state index >= 15 is 0 Å². The van der Waals surface area contributed by atoms with Crippen LogP contribution in [0.3, 0.4) is 0 Å². The van der Waals surface area contributed by atoms with Crippen LogP contribution in [0.4, 0.5) is 0 Å². The van der Waals surface area contributed by atoms with E-state index in [0.717, 1.165) is 5.56 Å². The van der Waals surface area contributed by atoms with E-state index in [-0.39, 0.29) is 5.78 Å². The number of hydrogen-bond acceptors (Lipinski definition) is 3. The molecule has 0 radical (unpaired) electrons. The lowest BCUT2D eigenvalue weighted by Gasteiger charge is -2.38. The first-order valence-corrected chi connectivity index (χ1v) is 6.19. The van der Waals surface area contributed by atoms with E-state index in [1.165, 1.54) is 0 Å². The molecule has 0 spiro atoms. The SMILES string of the molecule is COC1=CC=CC(C(C)=O)(c2ccccc2)C1OC. The molecule has 0 heterocycles. The standard InChI is InChI=1S/C16H18O3/c1-12(17)16(13-8-5-4-6-9-13)11-7-10-14(18-2)15(16)19-3/h4-11,15H,1-3H3. The average molecular weight is 258 g/mol. The smallest absolute Gasteiger partial charge is 0.147 e. The Morgan fingerprint density at radius 1 is 1.21 bits per heavy atom. The number of ketones is 1. The molecule has 2 atom stereocenters. The van der Waals surface area contributed by atoms with E-state index in [0.29, 0.717) is 5.76 Å². The molecule has 1 aliphatic carbocycles. The summed E-state index contributed by atoms with van der Waals surface area (Å²) in [5, 5.41) is 0. The van der Waals surface area contributed by atoms with Gasteiger partial charge in [-0.3, -0.25) is 4.79 Å². The van der Waals surface area contributed by atoms with Gasteiger partial charge in [-0.2, -0.15) is 0 Å². The maximum absolute atomic E-state index is 12.3. The highest BCUT2D eigenvalue weighted by molar-refractivity contribution is 5.92. The molecule has 3 heteroatoms. The predicted molar refractivity (Wildman–Crippen MR) is 73.8 cm³/mol. The number of rotatable bonds is 4. The third-order valence-corrected chi connectivity index (χ3v) is 3.60. The predicted octanol–water partition coefficient (Wildman–Crippen LogP) is 2.63. The lowest BCUT2D eigenvalue weighted by molar-refractivity contribution is -0.125. The Kier molecular flexibility index (Phi) is 3.86. The molecule has 100 valence electrons. The van der Waals surface area contributed by atoms with E-state index < -0.39 is 11.5 Å². The molecule has 19 heavy (non-hydrogen) atoms. The average Bonchev–Trinajstić information content (AvgIpc) is 2.46. The summed E-state index contributed by atoms with van der Waals surface area (Å²) < 4.78 is 10.9. The molecule has 1 aliphatic rings. The van der Waals surface area contributed by atoms with Crippen LogP contribution in [0.25, 0.3) is 0 Å². The molecule has 1 aromatic carbocycles. The second kappa shape index (κ2) is 5.41. The highest BCUT2D eigenvalue weighted by Gasteiger charge is 2.46. The van der Waals surface area contributed by atoms with Crippen molar-refractivity contribution in [3.05, 3.63) is 59.9 Å². The van der Waals surface area contributed by atoms with Crippen molar-refractivity contribution in [1.82, 2.24) is 0 Å². The summed E-state index contributed by atoms with van der Waals surface area (Å²) in [6.07, 6.45) is 5.13. The Morgan fingerprint density at radius 3 is 2.42 bits per heavy atom. The minimum Gasteiger partial charge on any atom is -0.498 e. The summed E-state index contributed by atoms with van der Waals surface area (Å²) >= 11 is 0. The van der Waals surface area contributed by atoms with Crippen LogP contribution in [-0.4, -0.2) is 26.1 Å². The van der Waals surface area contributed by atoms with Crippen molar-refractivity contribution in [2.24, 2.45) is 0 Å². The summed E-state index contributed by atoms with van der Waals surface area (Å²) in [6, 6.07) is 9.65. The summed E-state index contributed by atoms with van der Waals surface area (Å²) in [5.74, 6) is 0.688. The molecule has 0 saturated carbocycles. The molecule has 0 N–H and O–H groups in total. The third kappa shape index (κ3) is 2.10. The van der Waals surface area contributed by atoms with E-state index in [2.05, 4.69) is 0 Å². The Bertz CT molecular complexity index is 516. The Hall–Kier alpha value is -1.87. The van der Waals surface area contributed by atoms with Crippen LogP contribution in [0.2, 0.25) is 0 Å². The van der Waals surface area contributed by atoms with Gasteiger partial charge >= 0.3 is 0 Å². The molecule has 0 aliphatic heterocycles. The highest BCUT2D eigenvalue weighted by atomic mass is 16.5. The van der Waals surface area contributed by atoms with Crippen molar-refractivity contribution in [3.63, 3.8) is 0 Å². The maximum Gasteiger partial charge on any atom is 0.147 e. The Morgan fingerprint density at radius 2 is 1.89 bits per heavy atom. The van der Waals surface area contributed by atoms with Crippen LogP contribution in [0.5, 0.6) is 0 Å². The van der Waals surface area contributed by atoms with Gasteiger partial charge in [0.25, 0.3) is 0 Å². The minimum atomic E-state index is -0.823. The van der Waals surface area contributed by atoms with E-state index in [4.69, 9.17) is 9.47 Å². The van der Waals surface area contributed by atoms with Crippen molar-refractivity contribution in [2.75, 3.05) is 14.2 Å². The number of hydrogen-bond donors (Lipinski definition) is 0. The highest BCUT2D eigenvalue weighted by Crippen LogP contribution is 2.38. The zero-order chi connectivity index (χ0) is 13.9. The van der Waals surface area contributed by atoms with Gasteiger partial charge < -0.3 is 9.47 Å². The van der Waals surface area contributed by atoms with E-state index in [9.17, 15) is 4.79 Å². The summed E-state index contributed by atoms with van der Waals surface area (Å²) in [4.78, 5) is 12.3. The molecule has 0 saturated heterocycles. The number of carbonyl (C=O) groups excluding carboxylic acids is 1. The molecule has 0 amide bonds. The van der Waals surface area contributed by atoms with Crippen LogP contribution < -0.4 is 0 Å². The Labute approximate surface area is 113 Å². The minimum absolute atomic E-state index is 0.0319. The van der Waals surface area contributed by atoms with Gasteiger partial charge in [-0.15, -0.1) is 0 Å². The lowest BCUT2D eigenvalue weighted by Crippen LogP contribution is -2.47.